The Balaban J connectivity index is 2.21. The molecule has 106 valence electrons. The van der Waals surface area contributed by atoms with Crippen LogP contribution in [0.2, 0.25) is 5.02 Å². The first-order chi connectivity index (χ1) is 9.65. The number of rotatable bonds is 5. The second-order valence-corrected chi connectivity index (χ2v) is 5.26. The molecule has 1 nitrogen and oxygen atoms in total. The second kappa shape index (κ2) is 6.87. The average Bonchev–Trinajstić information content (AvgIpc) is 2.49. The van der Waals surface area contributed by atoms with Gasteiger partial charge in [0.25, 0.3) is 0 Å². The number of benzene rings is 2. The smallest absolute Gasteiger partial charge is 0.145 e. The van der Waals surface area contributed by atoms with E-state index in [1.54, 1.807) is 18.2 Å². The zero-order chi connectivity index (χ0) is 14.5. The minimum absolute atomic E-state index is 0.0777. The van der Waals surface area contributed by atoms with Crippen LogP contribution in [0.25, 0.3) is 0 Å². The van der Waals surface area contributed by atoms with Gasteiger partial charge in [-0.05, 0) is 42.6 Å². The van der Waals surface area contributed by atoms with E-state index in [1.165, 1.54) is 5.56 Å². The maximum Gasteiger partial charge on any atom is 0.145 e. The molecule has 0 spiro atoms. The molecule has 0 aliphatic heterocycles. The summed E-state index contributed by atoms with van der Waals surface area (Å²) in [6.07, 6.45) is 1.60. The molecule has 0 radical (unpaired) electrons. The van der Waals surface area contributed by atoms with Gasteiger partial charge in [0.1, 0.15) is 5.82 Å². The van der Waals surface area contributed by atoms with Crippen LogP contribution in [0.15, 0.2) is 42.5 Å². The van der Waals surface area contributed by atoms with E-state index in [4.69, 9.17) is 11.6 Å². The summed E-state index contributed by atoms with van der Waals surface area (Å²) in [6.45, 7) is 2.13. The first-order valence-corrected chi connectivity index (χ1v) is 7.22. The first-order valence-electron chi connectivity index (χ1n) is 6.84. The summed E-state index contributed by atoms with van der Waals surface area (Å²) in [5.41, 5.74) is 3.10. The quantitative estimate of drug-likeness (QED) is 0.852. The number of likely N-dealkylation sites (N-methyl/N-ethyl adjacent to an activating group) is 1. The Hall–Kier alpha value is -1.38. The molecule has 2 aromatic carbocycles. The van der Waals surface area contributed by atoms with Gasteiger partial charge >= 0.3 is 0 Å². The van der Waals surface area contributed by atoms with Gasteiger partial charge in [-0.25, -0.2) is 4.39 Å². The van der Waals surface area contributed by atoms with Gasteiger partial charge in [-0.2, -0.15) is 0 Å². The molecule has 2 rings (SSSR count). The van der Waals surface area contributed by atoms with E-state index in [-0.39, 0.29) is 16.9 Å². The molecule has 0 fully saturated rings. The van der Waals surface area contributed by atoms with Crippen molar-refractivity contribution in [3.63, 3.8) is 0 Å². The maximum absolute atomic E-state index is 14.0. The predicted octanol–water partition coefficient (Wildman–Crippen LogP) is 4.54. The van der Waals surface area contributed by atoms with Gasteiger partial charge in [-0.1, -0.05) is 54.9 Å². The molecule has 0 aliphatic rings. The Morgan fingerprint density at radius 1 is 1.15 bits per heavy atom. The highest BCUT2D eigenvalue weighted by atomic mass is 35.5. The van der Waals surface area contributed by atoms with Crippen LogP contribution >= 0.6 is 11.6 Å². The number of aryl methyl sites for hydroxylation is 1. The zero-order valence-electron chi connectivity index (χ0n) is 11.8. The highest BCUT2D eigenvalue weighted by molar-refractivity contribution is 6.30. The Kier molecular flexibility index (Phi) is 5.16. The Bertz CT molecular complexity index is 566. The van der Waals surface area contributed by atoms with Crippen LogP contribution in [0.4, 0.5) is 4.39 Å². The van der Waals surface area contributed by atoms with Crippen LogP contribution < -0.4 is 5.32 Å². The minimum Gasteiger partial charge on any atom is -0.313 e. The van der Waals surface area contributed by atoms with Crippen molar-refractivity contribution in [1.82, 2.24) is 5.32 Å². The predicted molar refractivity (Wildman–Crippen MR) is 82.7 cm³/mol. The van der Waals surface area contributed by atoms with E-state index < -0.39 is 0 Å². The third-order valence-corrected chi connectivity index (χ3v) is 3.89. The molecule has 0 amide bonds. The minimum atomic E-state index is -0.320. The normalized spacial score (nSPS) is 12.4. The summed E-state index contributed by atoms with van der Waals surface area (Å²) < 4.78 is 14.0. The average molecular weight is 292 g/mol. The monoisotopic (exact) mass is 291 g/mol. The van der Waals surface area contributed by atoms with Gasteiger partial charge in [-0.15, -0.1) is 0 Å². The highest BCUT2D eigenvalue weighted by Gasteiger charge is 2.14. The maximum atomic E-state index is 14.0. The van der Waals surface area contributed by atoms with Crippen molar-refractivity contribution in [3.05, 3.63) is 70.0 Å². The molecule has 0 aliphatic carbocycles. The Morgan fingerprint density at radius 3 is 2.45 bits per heavy atom. The molecule has 1 N–H and O–H groups in total. The van der Waals surface area contributed by atoms with Crippen LogP contribution in [0, 0.1) is 5.82 Å². The lowest BCUT2D eigenvalue weighted by Gasteiger charge is -2.18. The van der Waals surface area contributed by atoms with Crippen molar-refractivity contribution in [3.8, 4) is 0 Å². The fourth-order valence-corrected chi connectivity index (χ4v) is 2.49. The van der Waals surface area contributed by atoms with E-state index in [0.29, 0.717) is 12.0 Å². The molecular weight excluding hydrogens is 273 g/mol. The molecule has 0 aromatic heterocycles. The number of nitrogens with one attached hydrogen (secondary N) is 1. The third-order valence-electron chi connectivity index (χ3n) is 3.59. The summed E-state index contributed by atoms with van der Waals surface area (Å²) in [6, 6.07) is 13.7. The zero-order valence-corrected chi connectivity index (χ0v) is 12.5. The summed E-state index contributed by atoms with van der Waals surface area (Å²) >= 11 is 5.83. The summed E-state index contributed by atoms with van der Waals surface area (Å²) in [4.78, 5) is 0. The molecule has 3 heteroatoms. The van der Waals surface area contributed by atoms with Crippen LogP contribution in [-0.2, 0) is 12.8 Å². The molecule has 0 saturated carbocycles. The van der Waals surface area contributed by atoms with Gasteiger partial charge in [0.15, 0.2) is 0 Å². The van der Waals surface area contributed by atoms with E-state index >= 15 is 0 Å². The van der Waals surface area contributed by atoms with Crippen molar-refractivity contribution in [2.45, 2.75) is 25.8 Å². The van der Waals surface area contributed by atoms with Gasteiger partial charge in [0.05, 0.1) is 5.02 Å². The van der Waals surface area contributed by atoms with E-state index in [1.807, 2.05) is 7.05 Å². The van der Waals surface area contributed by atoms with Crippen molar-refractivity contribution in [1.29, 1.82) is 0 Å². The molecule has 0 saturated heterocycles. The summed E-state index contributed by atoms with van der Waals surface area (Å²) in [5, 5.41) is 3.42. The van der Waals surface area contributed by atoms with Crippen molar-refractivity contribution >= 4 is 11.6 Å². The van der Waals surface area contributed by atoms with Gasteiger partial charge in [-0.3, -0.25) is 0 Å². The fourth-order valence-electron chi connectivity index (χ4n) is 2.30. The Labute approximate surface area is 124 Å². The lowest BCUT2D eigenvalue weighted by Crippen LogP contribution is -2.19. The van der Waals surface area contributed by atoms with Gasteiger partial charge in [0, 0.05) is 6.04 Å². The van der Waals surface area contributed by atoms with Crippen LogP contribution in [0.1, 0.15) is 29.7 Å². The van der Waals surface area contributed by atoms with Gasteiger partial charge in [0.2, 0.25) is 0 Å². The molecule has 1 atom stereocenters. The molecule has 1 unspecified atom stereocenters. The van der Waals surface area contributed by atoms with Crippen molar-refractivity contribution in [2.75, 3.05) is 7.05 Å². The third kappa shape index (κ3) is 3.38. The number of halogens is 2. The molecular formula is C17H19ClFN. The van der Waals surface area contributed by atoms with E-state index in [9.17, 15) is 4.39 Å². The summed E-state index contributed by atoms with van der Waals surface area (Å²) in [7, 11) is 1.89. The van der Waals surface area contributed by atoms with Crippen molar-refractivity contribution < 1.29 is 4.39 Å². The standard InChI is InChI=1S/C17H19ClFN/c1-3-12-7-9-13(10-8-12)16(20-2)11-14-5-4-6-15(18)17(14)19/h4-10,16,20H,3,11H2,1-2H3. The first kappa shape index (κ1) is 15.0. The largest absolute Gasteiger partial charge is 0.313 e. The molecule has 20 heavy (non-hydrogen) atoms. The van der Waals surface area contributed by atoms with Gasteiger partial charge < -0.3 is 5.32 Å². The highest BCUT2D eigenvalue weighted by Crippen LogP contribution is 2.24. The van der Waals surface area contributed by atoms with Crippen LogP contribution in [-0.4, -0.2) is 7.05 Å². The number of hydrogen-bond donors (Lipinski definition) is 1. The van der Waals surface area contributed by atoms with Crippen molar-refractivity contribution in [2.24, 2.45) is 0 Å². The van der Waals surface area contributed by atoms with E-state index in [0.717, 1.165) is 12.0 Å². The SMILES string of the molecule is CCc1ccc(C(Cc2cccc(Cl)c2F)NC)cc1. The lowest BCUT2D eigenvalue weighted by atomic mass is 9.97. The summed E-state index contributed by atoms with van der Waals surface area (Å²) in [5.74, 6) is -0.320. The molecule has 0 heterocycles. The topological polar surface area (TPSA) is 12.0 Å². The molecule has 0 bridgehead atoms. The number of hydrogen-bond acceptors (Lipinski definition) is 1. The van der Waals surface area contributed by atoms with Crippen LogP contribution in [0.5, 0.6) is 0 Å². The second-order valence-electron chi connectivity index (χ2n) is 4.85. The lowest BCUT2D eigenvalue weighted by molar-refractivity contribution is 0.554. The molecule has 2 aromatic rings. The Morgan fingerprint density at radius 2 is 1.85 bits per heavy atom. The van der Waals surface area contributed by atoms with Crippen LogP contribution in [0.3, 0.4) is 0 Å². The van der Waals surface area contributed by atoms with E-state index in [2.05, 4.69) is 36.5 Å². The fraction of sp³-hybridized carbons (Fsp3) is 0.294.